The molecule has 92 valence electrons. The molecule has 4 nitrogen and oxygen atoms in total. The minimum atomic E-state index is 0.185. The number of hydrogen-bond donors (Lipinski definition) is 0. The van der Waals surface area contributed by atoms with E-state index in [1.54, 1.807) is 28.5 Å². The van der Waals surface area contributed by atoms with Crippen molar-refractivity contribution < 1.29 is 4.79 Å². The molecule has 1 unspecified atom stereocenters. The highest BCUT2D eigenvalue weighted by Gasteiger charge is 2.23. The van der Waals surface area contributed by atoms with Crippen LogP contribution in [0, 0.1) is 4.91 Å². The van der Waals surface area contributed by atoms with Gasteiger partial charge < -0.3 is 4.90 Å². The summed E-state index contributed by atoms with van der Waals surface area (Å²) in [6, 6.07) is 0.382. The van der Waals surface area contributed by atoms with Gasteiger partial charge >= 0.3 is 0 Å². The van der Waals surface area contributed by atoms with E-state index in [0.717, 1.165) is 30.9 Å². The van der Waals surface area contributed by atoms with Gasteiger partial charge in [0, 0.05) is 31.0 Å². The molecule has 1 fully saturated rings. The van der Waals surface area contributed by atoms with Gasteiger partial charge in [0.1, 0.15) is 0 Å². The van der Waals surface area contributed by atoms with Crippen LogP contribution in [0.4, 0.5) is 0 Å². The second kappa shape index (κ2) is 7.95. The van der Waals surface area contributed by atoms with Gasteiger partial charge in [0.15, 0.2) is 0 Å². The van der Waals surface area contributed by atoms with Crippen LogP contribution in [0.2, 0.25) is 0 Å². The fourth-order valence-corrected chi connectivity index (χ4v) is 4.05. The van der Waals surface area contributed by atoms with Crippen molar-refractivity contribution in [3.05, 3.63) is 4.91 Å². The minimum Gasteiger partial charge on any atom is -0.339 e. The lowest BCUT2D eigenvalue weighted by Crippen LogP contribution is -2.43. The molecule has 0 aromatic rings. The maximum Gasteiger partial charge on any atom is 0.219 e. The maximum absolute atomic E-state index is 11.4. The topological polar surface area (TPSA) is 49.7 Å². The Balaban J connectivity index is 2.22. The van der Waals surface area contributed by atoms with Crippen LogP contribution in [0.3, 0.4) is 0 Å². The molecule has 1 atom stereocenters. The number of carbonyl (C=O) groups is 1. The van der Waals surface area contributed by atoms with Crippen LogP contribution in [-0.4, -0.2) is 41.4 Å². The van der Waals surface area contributed by atoms with Gasteiger partial charge in [-0.25, -0.2) is 0 Å². The third kappa shape index (κ3) is 4.74. The zero-order valence-electron chi connectivity index (χ0n) is 9.55. The van der Waals surface area contributed by atoms with E-state index in [1.807, 2.05) is 4.90 Å². The first-order valence-corrected chi connectivity index (χ1v) is 8.05. The van der Waals surface area contributed by atoms with Crippen molar-refractivity contribution in [2.45, 2.75) is 32.2 Å². The molecule has 0 bridgehead atoms. The van der Waals surface area contributed by atoms with E-state index >= 15 is 0 Å². The fraction of sp³-hybridized carbons (Fsp3) is 0.900. The van der Waals surface area contributed by atoms with Gasteiger partial charge in [-0.2, -0.15) is 4.91 Å². The Kier molecular flexibility index (Phi) is 6.87. The Hall–Kier alpha value is -0.230. The number of piperidine rings is 1. The molecule has 0 N–H and O–H groups in total. The standard InChI is InChI=1S/C10H18N2O2S2/c1-9(13)12-6-3-2-4-10(12)8-16-15-7-5-11-14/h10H,2-8H2,1H3. The van der Waals surface area contributed by atoms with Crippen LogP contribution in [-0.2, 0) is 4.79 Å². The molecule has 6 heteroatoms. The summed E-state index contributed by atoms with van der Waals surface area (Å²) in [7, 11) is 3.41. The number of carbonyl (C=O) groups excluding carboxylic acids is 1. The summed E-state index contributed by atoms with van der Waals surface area (Å²) in [5, 5.41) is 2.81. The van der Waals surface area contributed by atoms with Gasteiger partial charge in [-0.05, 0) is 19.3 Å². The first-order valence-electron chi connectivity index (χ1n) is 5.56. The van der Waals surface area contributed by atoms with Crippen LogP contribution in [0.15, 0.2) is 5.18 Å². The summed E-state index contributed by atoms with van der Waals surface area (Å²) >= 11 is 0. The number of nitrogens with zero attached hydrogens (tertiary/aromatic N) is 2. The second-order valence-electron chi connectivity index (χ2n) is 3.82. The average molecular weight is 262 g/mol. The zero-order chi connectivity index (χ0) is 11.8. The third-order valence-corrected chi connectivity index (χ3v) is 5.09. The molecule has 16 heavy (non-hydrogen) atoms. The SMILES string of the molecule is CC(=O)N1CCCCC1CSSCCN=O. The maximum atomic E-state index is 11.4. The highest BCUT2D eigenvalue weighted by Crippen LogP contribution is 2.27. The predicted octanol–water partition coefficient (Wildman–Crippen LogP) is 2.54. The molecule has 0 aromatic carbocycles. The van der Waals surface area contributed by atoms with Crippen LogP contribution in [0.1, 0.15) is 26.2 Å². The molecular formula is C10H18N2O2S2. The first kappa shape index (κ1) is 13.8. The van der Waals surface area contributed by atoms with E-state index in [9.17, 15) is 9.70 Å². The van der Waals surface area contributed by atoms with Gasteiger partial charge in [0.05, 0.1) is 6.54 Å². The number of rotatable bonds is 6. The molecule has 1 rings (SSSR count). The minimum absolute atomic E-state index is 0.185. The summed E-state index contributed by atoms with van der Waals surface area (Å²) in [6.45, 7) is 2.92. The number of nitroso groups, excluding NO2 is 1. The molecule has 1 heterocycles. The van der Waals surface area contributed by atoms with Crippen molar-refractivity contribution in [1.82, 2.24) is 4.90 Å². The van der Waals surface area contributed by atoms with Crippen molar-refractivity contribution >= 4 is 27.5 Å². The molecule has 0 saturated carbocycles. The Morgan fingerprint density at radius 1 is 1.44 bits per heavy atom. The van der Waals surface area contributed by atoms with Gasteiger partial charge in [0.2, 0.25) is 5.91 Å². The van der Waals surface area contributed by atoms with Crippen LogP contribution in [0.25, 0.3) is 0 Å². The Bertz CT molecular complexity index is 239. The van der Waals surface area contributed by atoms with Crippen LogP contribution < -0.4 is 0 Å². The second-order valence-corrected chi connectivity index (χ2v) is 6.45. The molecular weight excluding hydrogens is 244 g/mol. The smallest absolute Gasteiger partial charge is 0.219 e. The van der Waals surface area contributed by atoms with Crippen molar-refractivity contribution in [1.29, 1.82) is 0 Å². The highest BCUT2D eigenvalue weighted by atomic mass is 33.1. The molecule has 0 aliphatic carbocycles. The Morgan fingerprint density at radius 2 is 2.25 bits per heavy atom. The van der Waals surface area contributed by atoms with E-state index < -0.39 is 0 Å². The van der Waals surface area contributed by atoms with Crippen molar-refractivity contribution in [3.8, 4) is 0 Å². The number of hydrogen-bond acceptors (Lipinski definition) is 5. The largest absolute Gasteiger partial charge is 0.339 e. The van der Waals surface area contributed by atoms with Crippen molar-refractivity contribution in [3.63, 3.8) is 0 Å². The van der Waals surface area contributed by atoms with Crippen LogP contribution in [0.5, 0.6) is 0 Å². The number of amides is 1. The van der Waals surface area contributed by atoms with Gasteiger partial charge in [0.25, 0.3) is 0 Å². The predicted molar refractivity (Wildman–Crippen MR) is 70.6 cm³/mol. The summed E-state index contributed by atoms with van der Waals surface area (Å²) < 4.78 is 0. The summed E-state index contributed by atoms with van der Waals surface area (Å²) in [6.07, 6.45) is 3.46. The summed E-state index contributed by atoms with van der Waals surface area (Å²) in [5.41, 5.74) is 0. The quantitative estimate of drug-likeness (QED) is 0.419. The molecule has 1 aliphatic heterocycles. The van der Waals surface area contributed by atoms with E-state index in [-0.39, 0.29) is 5.91 Å². The van der Waals surface area contributed by atoms with E-state index in [1.165, 1.54) is 6.42 Å². The monoisotopic (exact) mass is 262 g/mol. The average Bonchev–Trinajstić information content (AvgIpc) is 2.29. The molecule has 0 radical (unpaired) electrons. The fourth-order valence-electron chi connectivity index (χ4n) is 1.85. The van der Waals surface area contributed by atoms with Crippen molar-refractivity contribution in [2.75, 3.05) is 24.6 Å². The normalized spacial score (nSPS) is 20.8. The van der Waals surface area contributed by atoms with E-state index in [0.29, 0.717) is 12.6 Å². The molecule has 0 aromatic heterocycles. The van der Waals surface area contributed by atoms with Crippen molar-refractivity contribution in [2.24, 2.45) is 5.18 Å². The van der Waals surface area contributed by atoms with Gasteiger partial charge in [-0.15, -0.1) is 0 Å². The molecule has 1 amide bonds. The zero-order valence-corrected chi connectivity index (χ0v) is 11.2. The Labute approximate surface area is 104 Å². The lowest BCUT2D eigenvalue weighted by molar-refractivity contribution is -0.131. The molecule has 1 aliphatic rings. The Morgan fingerprint density at radius 3 is 2.94 bits per heavy atom. The van der Waals surface area contributed by atoms with E-state index in [4.69, 9.17) is 0 Å². The molecule has 1 saturated heterocycles. The van der Waals surface area contributed by atoms with Crippen LogP contribution >= 0.6 is 21.6 Å². The van der Waals surface area contributed by atoms with Gasteiger partial charge in [-0.3, -0.25) is 4.79 Å². The highest BCUT2D eigenvalue weighted by molar-refractivity contribution is 8.76. The summed E-state index contributed by atoms with van der Waals surface area (Å²) in [4.78, 5) is 23.3. The number of likely N-dealkylation sites (tertiary alicyclic amines) is 1. The first-order chi connectivity index (χ1) is 7.75. The third-order valence-electron chi connectivity index (χ3n) is 2.64. The molecule has 0 spiro atoms. The summed E-state index contributed by atoms with van der Waals surface area (Å²) in [5.74, 6) is 1.91. The van der Waals surface area contributed by atoms with E-state index in [2.05, 4.69) is 5.18 Å². The van der Waals surface area contributed by atoms with Gasteiger partial charge in [-0.1, -0.05) is 26.8 Å². The lowest BCUT2D eigenvalue weighted by atomic mass is 10.0. The lowest BCUT2D eigenvalue weighted by Gasteiger charge is -2.34.